The number of carbonyl (C=O) groups excluding carboxylic acids is 1. The van der Waals surface area contributed by atoms with Crippen LogP contribution in [0, 0.1) is 0 Å². The normalized spacial score (nSPS) is 18.9. The van der Waals surface area contributed by atoms with Crippen LogP contribution in [0.3, 0.4) is 0 Å². The highest BCUT2D eigenvalue weighted by Crippen LogP contribution is 2.31. The summed E-state index contributed by atoms with van der Waals surface area (Å²) in [4.78, 5) is 22.5. The number of ether oxygens (including phenoxy) is 1. The topological polar surface area (TPSA) is 102 Å². The standard InChI is InChI=1S/C17H14N6O3S/c1-22-4-5-26-17-16(22)18-9-12(20-17)10-2-3-13-11(6-10)8-19-23(13)15-7-14(24)21-27(15)25/h2-3,6-9H,4-5H2,1H3,(H,21,24). The van der Waals surface area contributed by atoms with Crippen LogP contribution in [-0.4, -0.2) is 50.1 Å². The van der Waals surface area contributed by atoms with Crippen molar-refractivity contribution in [2.75, 3.05) is 25.1 Å². The molecule has 0 saturated heterocycles. The minimum Gasteiger partial charge on any atom is -0.473 e. The lowest BCUT2D eigenvalue weighted by molar-refractivity contribution is -0.114. The van der Waals surface area contributed by atoms with Gasteiger partial charge in [0.25, 0.3) is 11.8 Å². The molecule has 0 radical (unpaired) electrons. The number of amides is 1. The Morgan fingerprint density at radius 1 is 1.30 bits per heavy atom. The summed E-state index contributed by atoms with van der Waals surface area (Å²) in [6.45, 7) is 1.35. The zero-order valence-corrected chi connectivity index (χ0v) is 15.1. The molecule has 2 aromatic heterocycles. The van der Waals surface area contributed by atoms with Crippen LogP contribution in [0.4, 0.5) is 5.82 Å². The summed E-state index contributed by atoms with van der Waals surface area (Å²) in [5.41, 5.74) is 2.31. The van der Waals surface area contributed by atoms with E-state index in [-0.39, 0.29) is 0 Å². The molecule has 0 saturated carbocycles. The van der Waals surface area contributed by atoms with Crippen LogP contribution >= 0.6 is 0 Å². The Hall–Kier alpha value is -3.27. The number of aromatic nitrogens is 4. The molecule has 4 heterocycles. The van der Waals surface area contributed by atoms with E-state index >= 15 is 0 Å². The lowest BCUT2D eigenvalue weighted by atomic mass is 10.1. The van der Waals surface area contributed by atoms with Crippen molar-refractivity contribution in [2.24, 2.45) is 0 Å². The van der Waals surface area contributed by atoms with Gasteiger partial charge in [-0.3, -0.25) is 9.52 Å². The Morgan fingerprint density at radius 2 is 2.19 bits per heavy atom. The summed E-state index contributed by atoms with van der Waals surface area (Å²) in [5, 5.41) is 5.42. The third-order valence-electron chi connectivity index (χ3n) is 4.46. The van der Waals surface area contributed by atoms with Crippen LogP contribution < -0.4 is 14.4 Å². The van der Waals surface area contributed by atoms with E-state index in [0.29, 0.717) is 23.2 Å². The van der Waals surface area contributed by atoms with Gasteiger partial charge in [-0.1, -0.05) is 6.07 Å². The molecule has 136 valence electrons. The molecule has 1 aromatic carbocycles. The zero-order valence-electron chi connectivity index (χ0n) is 14.2. The summed E-state index contributed by atoms with van der Waals surface area (Å²) in [5.74, 6) is 0.859. The van der Waals surface area contributed by atoms with Gasteiger partial charge in [0, 0.05) is 24.1 Å². The first kappa shape index (κ1) is 15.9. The highest BCUT2D eigenvalue weighted by atomic mass is 32.2. The van der Waals surface area contributed by atoms with Crippen molar-refractivity contribution >= 4 is 38.6 Å². The average Bonchev–Trinajstić information content (AvgIpc) is 3.23. The molecular formula is C17H14N6O3S. The van der Waals surface area contributed by atoms with Crippen molar-refractivity contribution in [1.29, 1.82) is 0 Å². The second-order valence-electron chi connectivity index (χ2n) is 6.20. The second kappa shape index (κ2) is 5.88. The third kappa shape index (κ3) is 2.56. The maximum Gasteiger partial charge on any atom is 0.258 e. The van der Waals surface area contributed by atoms with E-state index < -0.39 is 16.9 Å². The van der Waals surface area contributed by atoms with E-state index in [1.807, 2.05) is 30.1 Å². The van der Waals surface area contributed by atoms with Crippen LogP contribution in [0.15, 0.2) is 36.7 Å². The number of anilines is 1. The lowest BCUT2D eigenvalue weighted by Crippen LogP contribution is -2.30. The molecule has 0 bridgehead atoms. The summed E-state index contributed by atoms with van der Waals surface area (Å²) >= 11 is 0. The van der Waals surface area contributed by atoms with Gasteiger partial charge in [0.1, 0.15) is 6.61 Å². The number of rotatable bonds is 2. The number of carbonyl (C=O) groups is 1. The SMILES string of the molecule is CN1CCOc2nc(-c3ccc4c(cnn4C4=CC(=O)NS4=O)c3)cnc21. The van der Waals surface area contributed by atoms with Gasteiger partial charge >= 0.3 is 0 Å². The summed E-state index contributed by atoms with van der Waals surface area (Å²) in [6, 6.07) is 5.67. The predicted molar refractivity (Wildman–Crippen MR) is 100 cm³/mol. The quantitative estimate of drug-likeness (QED) is 0.703. The first-order valence-electron chi connectivity index (χ1n) is 8.24. The Bertz CT molecular complexity index is 1150. The molecule has 2 aliphatic heterocycles. The molecular weight excluding hydrogens is 368 g/mol. The molecule has 1 N–H and O–H groups in total. The average molecular weight is 382 g/mol. The molecule has 0 aliphatic carbocycles. The summed E-state index contributed by atoms with van der Waals surface area (Å²) in [6.07, 6.45) is 4.67. The minimum atomic E-state index is -1.60. The van der Waals surface area contributed by atoms with Crippen molar-refractivity contribution in [3.05, 3.63) is 36.7 Å². The molecule has 5 rings (SSSR count). The van der Waals surface area contributed by atoms with Gasteiger partial charge in [0.2, 0.25) is 0 Å². The maximum atomic E-state index is 12.0. The number of likely N-dealkylation sites (N-methyl/N-ethyl adjacent to an activating group) is 1. The van der Waals surface area contributed by atoms with Crippen molar-refractivity contribution in [1.82, 2.24) is 24.5 Å². The van der Waals surface area contributed by atoms with E-state index in [1.54, 1.807) is 12.4 Å². The van der Waals surface area contributed by atoms with Crippen molar-refractivity contribution in [3.8, 4) is 17.1 Å². The zero-order chi connectivity index (χ0) is 18.5. The Morgan fingerprint density at radius 3 is 3.00 bits per heavy atom. The number of nitrogens with zero attached hydrogens (tertiary/aromatic N) is 5. The molecule has 0 spiro atoms. The molecule has 0 fully saturated rings. The largest absolute Gasteiger partial charge is 0.473 e. The number of hydrogen-bond donors (Lipinski definition) is 1. The molecule has 27 heavy (non-hydrogen) atoms. The highest BCUT2D eigenvalue weighted by Gasteiger charge is 2.23. The number of nitrogens with one attached hydrogen (secondary N) is 1. The predicted octanol–water partition coefficient (Wildman–Crippen LogP) is 0.914. The van der Waals surface area contributed by atoms with Gasteiger partial charge in [0.05, 0.1) is 30.1 Å². The van der Waals surface area contributed by atoms with Gasteiger partial charge in [0.15, 0.2) is 21.8 Å². The molecule has 1 unspecified atom stereocenters. The Balaban J connectivity index is 1.56. The van der Waals surface area contributed by atoms with E-state index in [9.17, 15) is 9.00 Å². The molecule has 1 atom stereocenters. The van der Waals surface area contributed by atoms with Crippen molar-refractivity contribution in [3.63, 3.8) is 0 Å². The molecule has 9 nitrogen and oxygen atoms in total. The highest BCUT2D eigenvalue weighted by molar-refractivity contribution is 7.93. The number of hydrogen-bond acceptors (Lipinski definition) is 7. The summed E-state index contributed by atoms with van der Waals surface area (Å²) < 4.78 is 21.5. The van der Waals surface area contributed by atoms with Gasteiger partial charge in [-0.15, -0.1) is 0 Å². The Labute approximate surface area is 156 Å². The fourth-order valence-corrected chi connectivity index (χ4v) is 3.96. The van der Waals surface area contributed by atoms with Crippen LogP contribution in [0.2, 0.25) is 0 Å². The smallest absolute Gasteiger partial charge is 0.258 e. The molecule has 1 amide bonds. The number of benzene rings is 1. The minimum absolute atomic E-state index is 0.313. The van der Waals surface area contributed by atoms with Gasteiger partial charge in [-0.05, 0) is 12.1 Å². The van der Waals surface area contributed by atoms with E-state index in [1.165, 1.54) is 10.8 Å². The third-order valence-corrected chi connectivity index (χ3v) is 5.52. The van der Waals surface area contributed by atoms with Gasteiger partial charge in [-0.25, -0.2) is 18.9 Å². The molecule has 3 aromatic rings. The first-order valence-corrected chi connectivity index (χ1v) is 9.39. The number of fused-ring (bicyclic) bond motifs is 2. The van der Waals surface area contributed by atoms with E-state index in [0.717, 1.165) is 28.8 Å². The lowest BCUT2D eigenvalue weighted by Gasteiger charge is -2.25. The van der Waals surface area contributed by atoms with Crippen LogP contribution in [0.5, 0.6) is 5.88 Å². The monoisotopic (exact) mass is 382 g/mol. The maximum absolute atomic E-state index is 12.0. The second-order valence-corrected chi connectivity index (χ2v) is 7.36. The molecule has 10 heteroatoms. The van der Waals surface area contributed by atoms with Crippen LogP contribution in [0.25, 0.3) is 27.2 Å². The van der Waals surface area contributed by atoms with Crippen molar-refractivity contribution in [2.45, 2.75) is 0 Å². The van der Waals surface area contributed by atoms with Crippen LogP contribution in [0.1, 0.15) is 0 Å². The fraction of sp³-hybridized carbons (Fsp3) is 0.176. The first-order chi connectivity index (χ1) is 13.1. The van der Waals surface area contributed by atoms with E-state index in [4.69, 9.17) is 4.74 Å². The van der Waals surface area contributed by atoms with Crippen LogP contribution in [-0.2, 0) is 15.8 Å². The molecule has 2 aliphatic rings. The van der Waals surface area contributed by atoms with Crippen molar-refractivity contribution < 1.29 is 13.7 Å². The summed E-state index contributed by atoms with van der Waals surface area (Å²) in [7, 11) is 0.352. The fourth-order valence-electron chi connectivity index (χ4n) is 3.10. The van der Waals surface area contributed by atoms with Gasteiger partial charge in [-0.2, -0.15) is 5.10 Å². The van der Waals surface area contributed by atoms with Gasteiger partial charge < -0.3 is 9.64 Å². The Kier molecular flexibility index (Phi) is 3.47. The van der Waals surface area contributed by atoms with E-state index in [2.05, 4.69) is 19.8 Å².